The van der Waals surface area contributed by atoms with Gasteiger partial charge >= 0.3 is 0 Å². The molecular formula is C51H34N4. The average Bonchev–Trinajstić information content (AvgIpc) is 3.59. The number of rotatable bonds is 7. The van der Waals surface area contributed by atoms with E-state index < -0.39 is 5.41 Å². The van der Waals surface area contributed by atoms with Crippen LogP contribution in [0.4, 0.5) is 0 Å². The van der Waals surface area contributed by atoms with Crippen LogP contribution in [0.1, 0.15) is 22.3 Å². The van der Waals surface area contributed by atoms with Crippen molar-refractivity contribution in [2.24, 2.45) is 0 Å². The molecule has 0 radical (unpaired) electrons. The third kappa shape index (κ3) is 5.55. The Morgan fingerprint density at radius 1 is 0.327 bits per heavy atom. The van der Waals surface area contributed by atoms with E-state index in [9.17, 15) is 0 Å². The summed E-state index contributed by atoms with van der Waals surface area (Å²) in [6, 6.07) is 68.6. The number of benzene rings is 7. The van der Waals surface area contributed by atoms with Crippen LogP contribution in [0.25, 0.3) is 67.5 Å². The Bertz CT molecular complexity index is 2740. The topological polar surface area (TPSA) is 51.6 Å². The van der Waals surface area contributed by atoms with Crippen molar-refractivity contribution in [1.82, 2.24) is 19.9 Å². The molecule has 0 aliphatic heterocycles. The average molecular weight is 703 g/mol. The van der Waals surface area contributed by atoms with Gasteiger partial charge in [0.05, 0.1) is 5.41 Å². The first-order valence-electron chi connectivity index (χ1n) is 18.5. The maximum Gasteiger partial charge on any atom is 0.164 e. The van der Waals surface area contributed by atoms with Gasteiger partial charge in [-0.1, -0.05) is 182 Å². The second kappa shape index (κ2) is 13.6. The third-order valence-corrected chi connectivity index (χ3v) is 10.7. The van der Waals surface area contributed by atoms with Crippen LogP contribution < -0.4 is 0 Å². The zero-order valence-corrected chi connectivity index (χ0v) is 29.9. The van der Waals surface area contributed by atoms with Crippen LogP contribution in [0.5, 0.6) is 0 Å². The molecule has 4 nitrogen and oxygen atoms in total. The van der Waals surface area contributed by atoms with E-state index in [1.165, 1.54) is 38.9 Å². The molecule has 0 saturated carbocycles. The Morgan fingerprint density at radius 2 is 0.818 bits per heavy atom. The van der Waals surface area contributed by atoms with E-state index in [-0.39, 0.29) is 0 Å². The van der Waals surface area contributed by atoms with E-state index in [0.29, 0.717) is 17.5 Å². The molecule has 10 rings (SSSR count). The predicted molar refractivity (Wildman–Crippen MR) is 222 cm³/mol. The molecule has 7 aromatic carbocycles. The van der Waals surface area contributed by atoms with E-state index in [1.807, 2.05) is 42.6 Å². The van der Waals surface area contributed by atoms with E-state index >= 15 is 0 Å². The molecule has 2 heterocycles. The Labute approximate surface area is 320 Å². The van der Waals surface area contributed by atoms with E-state index in [2.05, 4.69) is 163 Å². The molecule has 0 saturated heterocycles. The van der Waals surface area contributed by atoms with Crippen LogP contribution in [-0.4, -0.2) is 19.9 Å². The first-order valence-corrected chi connectivity index (χ1v) is 18.5. The molecule has 0 spiro atoms. The number of hydrogen-bond acceptors (Lipinski definition) is 4. The number of pyridine rings is 1. The quantitative estimate of drug-likeness (QED) is 0.166. The monoisotopic (exact) mass is 702 g/mol. The Morgan fingerprint density at radius 3 is 1.49 bits per heavy atom. The fraction of sp³-hybridized carbons (Fsp3) is 0.0196. The maximum absolute atomic E-state index is 5.11. The highest BCUT2D eigenvalue weighted by molar-refractivity contribution is 5.96. The molecular weight excluding hydrogens is 669 g/mol. The van der Waals surface area contributed by atoms with Gasteiger partial charge < -0.3 is 0 Å². The Hall–Kier alpha value is -7.30. The first-order chi connectivity index (χ1) is 27.3. The summed E-state index contributed by atoms with van der Waals surface area (Å²) in [4.78, 5) is 19.5. The molecule has 0 unspecified atom stereocenters. The molecule has 0 atom stereocenters. The van der Waals surface area contributed by atoms with Crippen molar-refractivity contribution >= 4 is 0 Å². The number of hydrogen-bond donors (Lipinski definition) is 0. The Kier molecular flexibility index (Phi) is 8.00. The summed E-state index contributed by atoms with van der Waals surface area (Å²) in [5.41, 5.74) is 14.3. The highest BCUT2D eigenvalue weighted by atomic mass is 15.0. The van der Waals surface area contributed by atoms with Crippen LogP contribution >= 0.6 is 0 Å². The van der Waals surface area contributed by atoms with Crippen molar-refractivity contribution in [2.45, 2.75) is 5.41 Å². The van der Waals surface area contributed by atoms with Gasteiger partial charge in [0, 0.05) is 29.1 Å². The van der Waals surface area contributed by atoms with Gasteiger partial charge in [-0.15, -0.1) is 0 Å². The molecule has 1 aliphatic carbocycles. The zero-order chi connectivity index (χ0) is 36.6. The lowest BCUT2D eigenvalue weighted by Crippen LogP contribution is -2.28. The molecule has 4 heteroatoms. The van der Waals surface area contributed by atoms with Crippen LogP contribution in [0.3, 0.4) is 0 Å². The van der Waals surface area contributed by atoms with Gasteiger partial charge in [-0.2, -0.15) is 0 Å². The van der Waals surface area contributed by atoms with Crippen molar-refractivity contribution in [2.75, 3.05) is 0 Å². The summed E-state index contributed by atoms with van der Waals surface area (Å²) in [5.74, 6) is 1.88. The summed E-state index contributed by atoms with van der Waals surface area (Å²) in [7, 11) is 0. The highest BCUT2D eigenvalue weighted by Crippen LogP contribution is 2.58. The van der Waals surface area contributed by atoms with Gasteiger partial charge in [-0.25, -0.2) is 15.0 Å². The highest BCUT2D eigenvalue weighted by Gasteiger charge is 2.46. The minimum Gasteiger partial charge on any atom is -0.264 e. The zero-order valence-electron chi connectivity index (χ0n) is 29.9. The summed E-state index contributed by atoms with van der Waals surface area (Å²) in [5, 5.41) is 0. The van der Waals surface area contributed by atoms with Crippen LogP contribution in [-0.2, 0) is 5.41 Å². The van der Waals surface area contributed by atoms with Crippen molar-refractivity contribution in [3.63, 3.8) is 0 Å². The SMILES string of the molecule is c1ccc(-c2nc(-c3ccc(-c4cccnc4)cc3)nc(-c3cccc(-c4cccc5c4-c4ccccc4C5(c4ccccc4)c4ccccc4)c3)n2)cc1. The molecule has 55 heavy (non-hydrogen) atoms. The van der Waals surface area contributed by atoms with Crippen molar-refractivity contribution in [3.05, 3.63) is 229 Å². The second-order valence-corrected chi connectivity index (χ2v) is 13.8. The van der Waals surface area contributed by atoms with E-state index in [1.54, 1.807) is 6.20 Å². The molecule has 0 N–H and O–H groups in total. The second-order valence-electron chi connectivity index (χ2n) is 13.8. The van der Waals surface area contributed by atoms with Gasteiger partial charge in [0.2, 0.25) is 0 Å². The van der Waals surface area contributed by atoms with E-state index in [4.69, 9.17) is 15.0 Å². The molecule has 2 aromatic heterocycles. The van der Waals surface area contributed by atoms with Gasteiger partial charge in [-0.3, -0.25) is 4.98 Å². The fourth-order valence-corrected chi connectivity index (χ4v) is 8.26. The fourth-order valence-electron chi connectivity index (χ4n) is 8.26. The van der Waals surface area contributed by atoms with E-state index in [0.717, 1.165) is 33.4 Å². The largest absolute Gasteiger partial charge is 0.264 e. The molecule has 1 aliphatic rings. The molecule has 0 fully saturated rings. The minimum atomic E-state index is -0.470. The van der Waals surface area contributed by atoms with Gasteiger partial charge in [0.25, 0.3) is 0 Å². The van der Waals surface area contributed by atoms with Crippen molar-refractivity contribution in [3.8, 4) is 67.5 Å². The van der Waals surface area contributed by atoms with Crippen LogP contribution in [0, 0.1) is 0 Å². The summed E-state index contributed by atoms with van der Waals surface area (Å²) >= 11 is 0. The van der Waals surface area contributed by atoms with Gasteiger partial charge in [0.1, 0.15) is 0 Å². The normalized spacial score (nSPS) is 12.5. The number of nitrogens with zero attached hydrogens (tertiary/aromatic N) is 4. The number of fused-ring (bicyclic) bond motifs is 3. The van der Waals surface area contributed by atoms with Crippen LogP contribution in [0.15, 0.2) is 207 Å². The van der Waals surface area contributed by atoms with Crippen LogP contribution in [0.2, 0.25) is 0 Å². The van der Waals surface area contributed by atoms with Gasteiger partial charge in [0.15, 0.2) is 17.5 Å². The minimum absolute atomic E-state index is 0.470. The third-order valence-electron chi connectivity index (χ3n) is 10.7. The standard InChI is InChI=1S/C51H34N4/c1-4-15-36(16-5-1)48-53-49(37-30-28-35(29-31-37)40-19-14-32-52-34-40)55-50(54-48)39-18-12-17-38(33-39)43-25-13-27-46-47(43)44-24-10-11-26-45(44)51(46,41-20-6-2-7-21-41)42-22-8-3-9-23-42/h1-34H. The molecule has 0 amide bonds. The summed E-state index contributed by atoms with van der Waals surface area (Å²) in [6.07, 6.45) is 3.66. The molecule has 258 valence electrons. The first kappa shape index (κ1) is 32.4. The molecule has 0 bridgehead atoms. The summed E-state index contributed by atoms with van der Waals surface area (Å²) in [6.45, 7) is 0. The smallest absolute Gasteiger partial charge is 0.164 e. The Balaban J connectivity index is 1.13. The molecule has 9 aromatic rings. The lowest BCUT2D eigenvalue weighted by atomic mass is 9.67. The lowest BCUT2D eigenvalue weighted by Gasteiger charge is -2.34. The maximum atomic E-state index is 5.11. The predicted octanol–water partition coefficient (Wildman–Crippen LogP) is 12.0. The summed E-state index contributed by atoms with van der Waals surface area (Å²) < 4.78 is 0. The van der Waals surface area contributed by atoms with Gasteiger partial charge in [-0.05, 0) is 67.8 Å². The van der Waals surface area contributed by atoms with Crippen molar-refractivity contribution in [1.29, 1.82) is 0 Å². The number of aromatic nitrogens is 4. The van der Waals surface area contributed by atoms with Crippen molar-refractivity contribution < 1.29 is 0 Å². The lowest BCUT2D eigenvalue weighted by molar-refractivity contribution is 0.768.